The van der Waals surface area contributed by atoms with Gasteiger partial charge in [0.25, 0.3) is 5.91 Å². The lowest BCUT2D eigenvalue weighted by molar-refractivity contribution is 0.0723. The number of rotatable bonds is 5. The number of Topliss-reactive ketones (excluding diaryl/α,β-unsaturated/α-hetero) is 1. The van der Waals surface area contributed by atoms with Crippen molar-refractivity contribution in [1.29, 1.82) is 0 Å². The van der Waals surface area contributed by atoms with Crippen LogP contribution in [0.15, 0.2) is 30.5 Å². The maximum atomic E-state index is 12.8. The number of ether oxygens (including phenoxy) is 1. The van der Waals surface area contributed by atoms with Crippen LogP contribution in [0.5, 0.6) is 5.75 Å². The Morgan fingerprint density at radius 2 is 1.93 bits per heavy atom. The molecule has 1 amide bonds. The summed E-state index contributed by atoms with van der Waals surface area (Å²) in [4.78, 5) is 33.1. The van der Waals surface area contributed by atoms with Crippen molar-refractivity contribution in [2.24, 2.45) is 0 Å². The molecular formula is C23H27N3O3. The first kappa shape index (κ1) is 19.4. The van der Waals surface area contributed by atoms with Crippen LogP contribution in [0.1, 0.15) is 65.8 Å². The summed E-state index contributed by atoms with van der Waals surface area (Å²) in [5, 5.41) is 0. The van der Waals surface area contributed by atoms with Crippen LogP contribution >= 0.6 is 0 Å². The minimum Gasteiger partial charge on any atom is -0.469 e. The monoisotopic (exact) mass is 393 g/mol. The SMILES string of the molecule is CCCc1cc(N2COc3cc(C(=O)N4CCCCC4)cnc32)ccc1C(C)=O. The van der Waals surface area contributed by atoms with Crippen LogP contribution in [0.4, 0.5) is 11.5 Å². The van der Waals surface area contributed by atoms with Crippen molar-refractivity contribution >= 4 is 23.2 Å². The lowest BCUT2D eigenvalue weighted by Crippen LogP contribution is -2.35. The van der Waals surface area contributed by atoms with Crippen molar-refractivity contribution in [1.82, 2.24) is 9.88 Å². The normalized spacial score (nSPS) is 15.8. The van der Waals surface area contributed by atoms with E-state index in [4.69, 9.17) is 4.74 Å². The number of anilines is 2. The average Bonchev–Trinajstić information content (AvgIpc) is 3.17. The summed E-state index contributed by atoms with van der Waals surface area (Å²) in [6, 6.07) is 7.67. The van der Waals surface area contributed by atoms with E-state index in [2.05, 4.69) is 11.9 Å². The van der Waals surface area contributed by atoms with Gasteiger partial charge in [0.1, 0.15) is 0 Å². The molecule has 3 heterocycles. The molecule has 4 rings (SSSR count). The number of aryl methyl sites for hydroxylation is 1. The first-order valence-corrected chi connectivity index (χ1v) is 10.4. The van der Waals surface area contributed by atoms with Crippen LogP contribution in [0.25, 0.3) is 0 Å². The molecule has 0 N–H and O–H groups in total. The summed E-state index contributed by atoms with van der Waals surface area (Å²) in [5.41, 5.74) is 3.33. The molecule has 1 aromatic carbocycles. The highest BCUT2D eigenvalue weighted by atomic mass is 16.5. The Balaban J connectivity index is 1.60. The molecule has 0 bridgehead atoms. The number of likely N-dealkylation sites (tertiary alicyclic amines) is 1. The zero-order chi connectivity index (χ0) is 20.4. The zero-order valence-electron chi connectivity index (χ0n) is 17.1. The molecule has 0 aliphatic carbocycles. The third-order valence-corrected chi connectivity index (χ3v) is 5.63. The van der Waals surface area contributed by atoms with E-state index < -0.39 is 0 Å². The number of amides is 1. The lowest BCUT2D eigenvalue weighted by atomic mass is 9.99. The van der Waals surface area contributed by atoms with E-state index in [0.29, 0.717) is 23.9 Å². The average molecular weight is 393 g/mol. The molecule has 29 heavy (non-hydrogen) atoms. The largest absolute Gasteiger partial charge is 0.469 e. The number of hydrogen-bond donors (Lipinski definition) is 0. The number of benzene rings is 1. The summed E-state index contributed by atoms with van der Waals surface area (Å²) in [6.45, 7) is 5.67. The number of carbonyl (C=O) groups excluding carboxylic acids is 2. The van der Waals surface area contributed by atoms with Crippen LogP contribution in [-0.2, 0) is 6.42 Å². The quantitative estimate of drug-likeness (QED) is 0.707. The maximum Gasteiger partial charge on any atom is 0.255 e. The van der Waals surface area contributed by atoms with Crippen LogP contribution in [0.3, 0.4) is 0 Å². The molecular weight excluding hydrogens is 366 g/mol. The number of fused-ring (bicyclic) bond motifs is 1. The van der Waals surface area contributed by atoms with Gasteiger partial charge in [-0.05, 0) is 62.4 Å². The van der Waals surface area contributed by atoms with Gasteiger partial charge < -0.3 is 9.64 Å². The Labute approximate surface area is 171 Å². The predicted octanol–water partition coefficient (Wildman–Crippen LogP) is 4.35. The van der Waals surface area contributed by atoms with E-state index in [-0.39, 0.29) is 11.7 Å². The zero-order valence-corrected chi connectivity index (χ0v) is 17.1. The molecule has 6 heteroatoms. The fourth-order valence-corrected chi connectivity index (χ4v) is 4.10. The van der Waals surface area contributed by atoms with Gasteiger partial charge in [0, 0.05) is 30.5 Å². The fraction of sp³-hybridized carbons (Fsp3) is 0.435. The Bertz CT molecular complexity index is 935. The minimum atomic E-state index is 0.0260. The highest BCUT2D eigenvalue weighted by Crippen LogP contribution is 2.38. The standard InChI is InChI=1S/C23H27N3O3/c1-3-7-17-12-19(8-9-20(17)16(2)27)26-15-29-21-13-18(14-24-22(21)26)23(28)25-10-5-4-6-11-25/h8-9,12-14H,3-7,10-11,15H2,1-2H3. The van der Waals surface area contributed by atoms with Gasteiger partial charge in [-0.3, -0.25) is 14.5 Å². The van der Waals surface area contributed by atoms with Crippen molar-refractivity contribution in [2.45, 2.75) is 46.0 Å². The summed E-state index contributed by atoms with van der Waals surface area (Å²) in [7, 11) is 0. The molecule has 0 radical (unpaired) electrons. The molecule has 1 fully saturated rings. The molecule has 1 aromatic heterocycles. The molecule has 0 unspecified atom stereocenters. The predicted molar refractivity (Wildman–Crippen MR) is 112 cm³/mol. The molecule has 0 saturated carbocycles. The molecule has 1 saturated heterocycles. The smallest absolute Gasteiger partial charge is 0.255 e. The number of piperidine rings is 1. The third-order valence-electron chi connectivity index (χ3n) is 5.63. The summed E-state index contributed by atoms with van der Waals surface area (Å²) in [5.74, 6) is 1.44. The molecule has 2 aliphatic heterocycles. The Morgan fingerprint density at radius 1 is 1.14 bits per heavy atom. The number of carbonyl (C=O) groups is 2. The minimum absolute atomic E-state index is 0.0260. The van der Waals surface area contributed by atoms with Crippen molar-refractivity contribution in [3.8, 4) is 5.75 Å². The first-order valence-electron chi connectivity index (χ1n) is 10.4. The molecule has 2 aromatic rings. The van der Waals surface area contributed by atoms with Crippen LogP contribution in [0, 0.1) is 0 Å². The maximum absolute atomic E-state index is 12.8. The van der Waals surface area contributed by atoms with Gasteiger partial charge in [-0.15, -0.1) is 0 Å². The second kappa shape index (κ2) is 8.23. The van der Waals surface area contributed by atoms with E-state index in [0.717, 1.165) is 55.6 Å². The van der Waals surface area contributed by atoms with Crippen LogP contribution < -0.4 is 9.64 Å². The Kier molecular flexibility index (Phi) is 5.51. The number of nitrogens with zero attached hydrogens (tertiary/aromatic N) is 3. The summed E-state index contributed by atoms with van der Waals surface area (Å²) in [6.07, 6.45) is 6.77. The Morgan fingerprint density at radius 3 is 2.66 bits per heavy atom. The highest BCUT2D eigenvalue weighted by Gasteiger charge is 2.27. The summed E-state index contributed by atoms with van der Waals surface area (Å²) >= 11 is 0. The van der Waals surface area contributed by atoms with E-state index in [1.54, 1.807) is 19.2 Å². The van der Waals surface area contributed by atoms with Crippen molar-refractivity contribution in [3.63, 3.8) is 0 Å². The number of pyridine rings is 1. The van der Waals surface area contributed by atoms with Gasteiger partial charge in [-0.2, -0.15) is 0 Å². The fourth-order valence-electron chi connectivity index (χ4n) is 4.10. The molecule has 0 atom stereocenters. The van der Waals surface area contributed by atoms with E-state index >= 15 is 0 Å². The van der Waals surface area contributed by atoms with Gasteiger partial charge >= 0.3 is 0 Å². The number of hydrogen-bond acceptors (Lipinski definition) is 5. The highest BCUT2D eigenvalue weighted by molar-refractivity contribution is 5.96. The van der Waals surface area contributed by atoms with Crippen molar-refractivity contribution in [2.75, 3.05) is 24.7 Å². The van der Waals surface area contributed by atoms with Gasteiger partial charge in [0.2, 0.25) is 0 Å². The van der Waals surface area contributed by atoms with Crippen molar-refractivity contribution < 1.29 is 14.3 Å². The third kappa shape index (κ3) is 3.84. The molecule has 152 valence electrons. The number of ketones is 1. The van der Waals surface area contributed by atoms with Gasteiger partial charge in [-0.25, -0.2) is 4.98 Å². The second-order valence-corrected chi connectivity index (χ2v) is 7.75. The van der Waals surface area contributed by atoms with E-state index in [1.165, 1.54) is 6.42 Å². The van der Waals surface area contributed by atoms with Gasteiger partial charge in [0.15, 0.2) is 24.1 Å². The second-order valence-electron chi connectivity index (χ2n) is 7.75. The van der Waals surface area contributed by atoms with E-state index in [1.807, 2.05) is 28.0 Å². The molecule has 0 spiro atoms. The molecule has 6 nitrogen and oxygen atoms in total. The van der Waals surface area contributed by atoms with Crippen LogP contribution in [-0.4, -0.2) is 41.4 Å². The first-order chi connectivity index (χ1) is 14.1. The Hall–Kier alpha value is -2.89. The molecule has 2 aliphatic rings. The van der Waals surface area contributed by atoms with E-state index in [9.17, 15) is 9.59 Å². The van der Waals surface area contributed by atoms with Crippen LogP contribution in [0.2, 0.25) is 0 Å². The topological polar surface area (TPSA) is 62.7 Å². The number of aromatic nitrogens is 1. The van der Waals surface area contributed by atoms with Gasteiger partial charge in [0.05, 0.1) is 5.56 Å². The lowest BCUT2D eigenvalue weighted by Gasteiger charge is -2.26. The van der Waals surface area contributed by atoms with Gasteiger partial charge in [-0.1, -0.05) is 13.3 Å². The summed E-state index contributed by atoms with van der Waals surface area (Å²) < 4.78 is 5.85. The van der Waals surface area contributed by atoms with Crippen molar-refractivity contribution in [3.05, 3.63) is 47.2 Å².